The lowest BCUT2D eigenvalue weighted by atomic mass is 10.1. The molecule has 0 unspecified atom stereocenters. The second kappa shape index (κ2) is 11.3. The van der Waals surface area contributed by atoms with E-state index < -0.39 is 17.8 Å². The third-order valence-electron chi connectivity index (χ3n) is 5.09. The van der Waals surface area contributed by atoms with Crippen molar-refractivity contribution >= 4 is 23.8 Å². The average molecular weight is 475 g/mol. The molecule has 2 amide bonds. The van der Waals surface area contributed by atoms with E-state index in [-0.39, 0.29) is 12.6 Å². The molecule has 33 heavy (non-hydrogen) atoms. The number of rotatable bonds is 6. The molecule has 0 bridgehead atoms. The molecule has 0 radical (unpaired) electrons. The van der Waals surface area contributed by atoms with Crippen molar-refractivity contribution in [1.82, 2.24) is 9.80 Å². The molecule has 1 aliphatic heterocycles. The number of ether oxygens (including phenoxy) is 3. The van der Waals surface area contributed by atoms with Gasteiger partial charge in [-0.05, 0) is 44.5 Å². The summed E-state index contributed by atoms with van der Waals surface area (Å²) in [7, 11) is 0. The lowest BCUT2D eigenvalue weighted by Gasteiger charge is -2.41. The Labute approximate surface area is 200 Å². The molecule has 1 saturated heterocycles. The highest BCUT2D eigenvalue weighted by atomic mass is 35.5. The number of hydrogen-bond acceptors (Lipinski definition) is 5. The van der Waals surface area contributed by atoms with Crippen molar-refractivity contribution in [2.45, 2.75) is 45.4 Å². The van der Waals surface area contributed by atoms with Crippen molar-refractivity contribution in [3.63, 3.8) is 0 Å². The second-order valence-corrected chi connectivity index (χ2v) is 9.34. The van der Waals surface area contributed by atoms with Gasteiger partial charge in [0.05, 0.1) is 12.6 Å². The Balaban J connectivity index is 1.61. The predicted molar refractivity (Wildman–Crippen MR) is 126 cm³/mol. The third-order valence-corrected chi connectivity index (χ3v) is 5.33. The molecule has 8 heteroatoms. The Bertz CT molecular complexity index is 932. The van der Waals surface area contributed by atoms with Crippen molar-refractivity contribution < 1.29 is 23.8 Å². The van der Waals surface area contributed by atoms with Gasteiger partial charge in [0.15, 0.2) is 0 Å². The van der Waals surface area contributed by atoms with Gasteiger partial charge in [-0.2, -0.15) is 0 Å². The van der Waals surface area contributed by atoms with E-state index in [1.54, 1.807) is 21.9 Å². The molecule has 1 fully saturated rings. The van der Waals surface area contributed by atoms with Crippen molar-refractivity contribution in [2.75, 3.05) is 26.2 Å². The summed E-state index contributed by atoms with van der Waals surface area (Å²) in [4.78, 5) is 28.8. The minimum Gasteiger partial charge on any atom is -0.493 e. The van der Waals surface area contributed by atoms with Crippen molar-refractivity contribution in [3.8, 4) is 5.75 Å². The maximum Gasteiger partial charge on any atom is 0.410 e. The molecule has 178 valence electrons. The van der Waals surface area contributed by atoms with Gasteiger partial charge in [0.1, 0.15) is 18.0 Å². The molecule has 0 aliphatic carbocycles. The van der Waals surface area contributed by atoms with E-state index in [1.807, 2.05) is 63.2 Å². The zero-order valence-corrected chi connectivity index (χ0v) is 20.1. The number of amides is 2. The number of carbonyl (C=O) groups is 2. The fourth-order valence-electron chi connectivity index (χ4n) is 3.51. The van der Waals surface area contributed by atoms with Crippen molar-refractivity contribution in [3.05, 3.63) is 65.2 Å². The van der Waals surface area contributed by atoms with Crippen LogP contribution in [0.2, 0.25) is 5.02 Å². The number of piperazine rings is 1. The van der Waals surface area contributed by atoms with Gasteiger partial charge in [0.25, 0.3) is 0 Å². The van der Waals surface area contributed by atoms with E-state index in [4.69, 9.17) is 25.8 Å². The van der Waals surface area contributed by atoms with E-state index in [9.17, 15) is 9.59 Å². The first-order chi connectivity index (χ1) is 15.7. The van der Waals surface area contributed by atoms with E-state index in [1.165, 1.54) is 0 Å². The molecule has 7 nitrogen and oxygen atoms in total. The molecule has 0 N–H and O–H groups in total. The Hall–Kier alpha value is -2.93. The van der Waals surface area contributed by atoms with Crippen LogP contribution in [0.1, 0.15) is 32.8 Å². The van der Waals surface area contributed by atoms with Gasteiger partial charge in [-0.1, -0.05) is 48.0 Å². The first kappa shape index (κ1) is 24.7. The second-order valence-electron chi connectivity index (χ2n) is 8.91. The Morgan fingerprint density at radius 3 is 2.48 bits per heavy atom. The van der Waals surface area contributed by atoms with Gasteiger partial charge in [-0.25, -0.2) is 9.59 Å². The van der Waals surface area contributed by atoms with E-state index in [0.717, 1.165) is 5.56 Å². The van der Waals surface area contributed by atoms with E-state index >= 15 is 0 Å². The van der Waals surface area contributed by atoms with Gasteiger partial charge >= 0.3 is 12.2 Å². The maximum absolute atomic E-state index is 12.8. The van der Waals surface area contributed by atoms with Crippen LogP contribution in [-0.2, 0) is 16.1 Å². The first-order valence-corrected chi connectivity index (χ1v) is 11.4. The SMILES string of the molecule is CC(C)(C)OC(=O)N1CCN(C(=O)OCc2ccccc2)C[C@H]1CCOc1cccc(Cl)c1. The number of carbonyl (C=O) groups excluding carboxylic acids is 2. The number of halogens is 1. The fraction of sp³-hybridized carbons (Fsp3) is 0.440. The Kier molecular flexibility index (Phi) is 8.44. The van der Waals surface area contributed by atoms with Crippen LogP contribution < -0.4 is 4.74 Å². The van der Waals surface area contributed by atoms with Gasteiger partial charge in [0, 0.05) is 31.1 Å². The minimum atomic E-state index is -0.606. The summed E-state index contributed by atoms with van der Waals surface area (Å²) >= 11 is 6.02. The summed E-state index contributed by atoms with van der Waals surface area (Å²) in [5, 5.41) is 0.591. The van der Waals surface area contributed by atoms with Gasteiger partial charge in [-0.15, -0.1) is 0 Å². The largest absolute Gasteiger partial charge is 0.493 e. The molecular formula is C25H31ClN2O5. The molecule has 2 aromatic carbocycles. The summed E-state index contributed by atoms with van der Waals surface area (Å²) < 4.78 is 16.9. The average Bonchev–Trinajstić information content (AvgIpc) is 2.77. The molecular weight excluding hydrogens is 444 g/mol. The Morgan fingerprint density at radius 2 is 1.79 bits per heavy atom. The number of nitrogens with zero attached hydrogens (tertiary/aromatic N) is 2. The van der Waals surface area contributed by atoms with Crippen LogP contribution in [0.3, 0.4) is 0 Å². The molecule has 1 aliphatic rings. The normalized spacial score (nSPS) is 16.3. The van der Waals surface area contributed by atoms with Gasteiger partial charge in [-0.3, -0.25) is 0 Å². The third kappa shape index (κ3) is 7.86. The number of hydrogen-bond donors (Lipinski definition) is 0. The standard InChI is InChI=1S/C25H31ClN2O5/c1-25(2,3)33-24(30)28-14-13-27(23(29)32-18-19-8-5-4-6-9-19)17-21(28)12-15-31-22-11-7-10-20(26)16-22/h4-11,16,21H,12-15,17-18H2,1-3H3/t21-/m1/s1. The highest BCUT2D eigenvalue weighted by molar-refractivity contribution is 6.30. The van der Waals surface area contributed by atoms with Crippen LogP contribution in [0.25, 0.3) is 0 Å². The molecule has 0 aromatic heterocycles. The molecule has 0 saturated carbocycles. The van der Waals surface area contributed by atoms with Crippen LogP contribution in [-0.4, -0.2) is 59.9 Å². The minimum absolute atomic E-state index is 0.203. The lowest BCUT2D eigenvalue weighted by molar-refractivity contribution is -0.00614. The zero-order chi connectivity index (χ0) is 23.8. The van der Waals surface area contributed by atoms with Crippen molar-refractivity contribution in [1.29, 1.82) is 0 Å². The van der Waals surface area contributed by atoms with Crippen LogP contribution in [0.5, 0.6) is 5.75 Å². The van der Waals surface area contributed by atoms with Gasteiger partial charge in [0.2, 0.25) is 0 Å². The molecule has 1 heterocycles. The Morgan fingerprint density at radius 1 is 1.03 bits per heavy atom. The highest BCUT2D eigenvalue weighted by Gasteiger charge is 2.35. The summed E-state index contributed by atoms with van der Waals surface area (Å²) in [5.41, 5.74) is 0.315. The monoisotopic (exact) mass is 474 g/mol. The quantitative estimate of drug-likeness (QED) is 0.563. The first-order valence-electron chi connectivity index (χ1n) is 11.0. The molecule has 3 rings (SSSR count). The van der Waals surface area contributed by atoms with Crippen LogP contribution in [0.15, 0.2) is 54.6 Å². The molecule has 1 atom stereocenters. The fourth-order valence-corrected chi connectivity index (χ4v) is 3.69. The van der Waals surface area contributed by atoms with Crippen LogP contribution >= 0.6 is 11.6 Å². The summed E-state index contributed by atoms with van der Waals surface area (Å²) in [5.74, 6) is 0.654. The maximum atomic E-state index is 12.8. The van der Waals surface area contributed by atoms with E-state index in [0.29, 0.717) is 43.4 Å². The predicted octanol–water partition coefficient (Wildman–Crippen LogP) is 5.37. The number of benzene rings is 2. The topological polar surface area (TPSA) is 68.3 Å². The zero-order valence-electron chi connectivity index (χ0n) is 19.3. The molecule has 2 aromatic rings. The van der Waals surface area contributed by atoms with Gasteiger partial charge < -0.3 is 24.0 Å². The summed E-state index contributed by atoms with van der Waals surface area (Å²) in [6, 6.07) is 16.4. The molecule has 0 spiro atoms. The van der Waals surface area contributed by atoms with Crippen LogP contribution in [0.4, 0.5) is 9.59 Å². The van der Waals surface area contributed by atoms with Crippen LogP contribution in [0, 0.1) is 0 Å². The summed E-state index contributed by atoms with van der Waals surface area (Å²) in [6.07, 6.45) is -0.273. The van der Waals surface area contributed by atoms with Crippen molar-refractivity contribution in [2.24, 2.45) is 0 Å². The smallest absolute Gasteiger partial charge is 0.410 e. The summed E-state index contributed by atoms with van der Waals surface area (Å²) in [6.45, 7) is 7.13. The lowest BCUT2D eigenvalue weighted by Crippen LogP contribution is -2.57. The van der Waals surface area contributed by atoms with E-state index in [2.05, 4.69) is 0 Å². The highest BCUT2D eigenvalue weighted by Crippen LogP contribution is 2.21.